The summed E-state index contributed by atoms with van der Waals surface area (Å²) in [4.78, 5) is 23.7. The topological polar surface area (TPSA) is 64.6 Å². The van der Waals surface area contributed by atoms with E-state index in [2.05, 4.69) is 5.32 Å². The van der Waals surface area contributed by atoms with E-state index < -0.39 is 5.97 Å². The molecule has 21 heavy (non-hydrogen) atoms. The minimum Gasteiger partial charge on any atom is -0.496 e. The van der Waals surface area contributed by atoms with Crippen LogP contribution in [0.3, 0.4) is 0 Å². The van der Waals surface area contributed by atoms with Gasteiger partial charge in [-0.2, -0.15) is 0 Å². The zero-order valence-corrected chi connectivity index (χ0v) is 12.8. The second-order valence-electron chi connectivity index (χ2n) is 5.11. The Kier molecular flexibility index (Phi) is 5.07. The van der Waals surface area contributed by atoms with Gasteiger partial charge in [0.15, 0.2) is 6.61 Å². The fourth-order valence-electron chi connectivity index (χ4n) is 2.06. The van der Waals surface area contributed by atoms with Gasteiger partial charge in [-0.3, -0.25) is 4.79 Å². The molecule has 0 spiro atoms. The maximum atomic E-state index is 12.0. The van der Waals surface area contributed by atoms with Gasteiger partial charge in [0.25, 0.3) is 5.91 Å². The predicted molar refractivity (Wildman–Crippen MR) is 78.6 cm³/mol. The van der Waals surface area contributed by atoms with Crippen LogP contribution in [0.1, 0.15) is 30.1 Å². The molecular weight excluding hydrogens is 294 g/mol. The summed E-state index contributed by atoms with van der Waals surface area (Å²) < 4.78 is 10.1. The number of hydrogen-bond donors (Lipinski definition) is 1. The molecule has 1 saturated carbocycles. The van der Waals surface area contributed by atoms with Crippen molar-refractivity contribution in [1.29, 1.82) is 0 Å². The molecule has 6 heteroatoms. The summed E-state index contributed by atoms with van der Waals surface area (Å²) in [6.45, 7) is 1.64. The zero-order chi connectivity index (χ0) is 15.4. The Morgan fingerprint density at radius 2 is 2.14 bits per heavy atom. The number of carbonyl (C=O) groups is 2. The molecule has 0 unspecified atom stereocenters. The predicted octanol–water partition coefficient (Wildman–Crippen LogP) is 2.42. The van der Waals surface area contributed by atoms with E-state index in [1.165, 1.54) is 13.2 Å². The van der Waals surface area contributed by atoms with Gasteiger partial charge < -0.3 is 14.8 Å². The van der Waals surface area contributed by atoms with E-state index in [-0.39, 0.29) is 24.1 Å². The molecule has 1 N–H and O–H groups in total. The number of benzene rings is 1. The van der Waals surface area contributed by atoms with Crippen LogP contribution < -0.4 is 10.1 Å². The first-order valence-electron chi connectivity index (χ1n) is 6.81. The zero-order valence-electron chi connectivity index (χ0n) is 12.0. The maximum absolute atomic E-state index is 12.0. The van der Waals surface area contributed by atoms with Crippen LogP contribution in [0.25, 0.3) is 0 Å². The molecule has 0 saturated heterocycles. The molecule has 1 amide bonds. The van der Waals surface area contributed by atoms with Crippen LogP contribution in [0.2, 0.25) is 5.02 Å². The van der Waals surface area contributed by atoms with Gasteiger partial charge in [0.2, 0.25) is 0 Å². The number of rotatable bonds is 6. The Balaban J connectivity index is 1.89. The van der Waals surface area contributed by atoms with Gasteiger partial charge in [-0.05, 0) is 43.9 Å². The summed E-state index contributed by atoms with van der Waals surface area (Å²) in [6, 6.07) is 4.76. The Morgan fingerprint density at radius 3 is 2.76 bits per heavy atom. The Morgan fingerprint density at radius 1 is 1.43 bits per heavy atom. The third kappa shape index (κ3) is 4.36. The second kappa shape index (κ2) is 6.80. The Labute approximate surface area is 128 Å². The molecule has 2 rings (SSSR count). The third-order valence-corrected chi connectivity index (χ3v) is 3.67. The number of halogens is 1. The van der Waals surface area contributed by atoms with Gasteiger partial charge in [0.1, 0.15) is 11.3 Å². The van der Waals surface area contributed by atoms with Gasteiger partial charge in [0, 0.05) is 11.1 Å². The molecule has 0 aliphatic heterocycles. The Bertz CT molecular complexity index is 542. The number of ether oxygens (including phenoxy) is 2. The van der Waals surface area contributed by atoms with Crippen molar-refractivity contribution < 1.29 is 19.1 Å². The first-order chi connectivity index (χ1) is 10.0. The van der Waals surface area contributed by atoms with Crippen LogP contribution in [-0.4, -0.2) is 31.6 Å². The molecule has 0 bridgehead atoms. The lowest BCUT2D eigenvalue weighted by atomic mass is 10.2. The number of amides is 1. The molecular formula is C15H18ClNO4. The molecule has 0 heterocycles. The lowest BCUT2D eigenvalue weighted by Gasteiger charge is -2.13. The van der Waals surface area contributed by atoms with E-state index in [4.69, 9.17) is 21.1 Å². The van der Waals surface area contributed by atoms with Gasteiger partial charge in [-0.1, -0.05) is 11.6 Å². The molecule has 1 aromatic carbocycles. The van der Waals surface area contributed by atoms with E-state index in [9.17, 15) is 9.59 Å². The first-order valence-corrected chi connectivity index (χ1v) is 7.19. The molecule has 1 atom stereocenters. The van der Waals surface area contributed by atoms with Gasteiger partial charge in [-0.25, -0.2) is 4.79 Å². The van der Waals surface area contributed by atoms with E-state index >= 15 is 0 Å². The molecule has 0 radical (unpaired) electrons. The molecule has 0 aromatic heterocycles. The standard InChI is InChI=1S/C15H18ClNO4/c1-9(10-3-4-10)17-14(18)8-21-15(19)12-7-11(16)5-6-13(12)20-2/h5-7,9-10H,3-4,8H2,1-2H3,(H,17,18)/t9-/m1/s1. The number of hydrogen-bond acceptors (Lipinski definition) is 4. The molecule has 114 valence electrons. The maximum Gasteiger partial charge on any atom is 0.342 e. The highest BCUT2D eigenvalue weighted by Crippen LogP contribution is 2.32. The van der Waals surface area contributed by atoms with Gasteiger partial charge in [0.05, 0.1) is 7.11 Å². The summed E-state index contributed by atoms with van der Waals surface area (Å²) in [6.07, 6.45) is 2.28. The minimum atomic E-state index is -0.636. The number of carbonyl (C=O) groups excluding carboxylic acids is 2. The minimum absolute atomic E-state index is 0.122. The average Bonchev–Trinajstić information content (AvgIpc) is 3.29. The van der Waals surface area contributed by atoms with Crippen molar-refractivity contribution in [3.63, 3.8) is 0 Å². The monoisotopic (exact) mass is 311 g/mol. The molecule has 1 fully saturated rings. The summed E-state index contributed by atoms with van der Waals surface area (Å²) in [5, 5.41) is 3.21. The highest BCUT2D eigenvalue weighted by molar-refractivity contribution is 6.31. The van der Waals surface area contributed by atoms with Crippen LogP contribution in [0, 0.1) is 5.92 Å². The van der Waals surface area contributed by atoms with Crippen LogP contribution >= 0.6 is 11.6 Å². The van der Waals surface area contributed by atoms with E-state index in [0.717, 1.165) is 12.8 Å². The van der Waals surface area contributed by atoms with Crippen LogP contribution in [0.4, 0.5) is 0 Å². The normalized spacial score (nSPS) is 15.2. The van der Waals surface area contributed by atoms with Crippen molar-refractivity contribution in [2.24, 2.45) is 5.92 Å². The largest absolute Gasteiger partial charge is 0.496 e. The average molecular weight is 312 g/mol. The van der Waals surface area contributed by atoms with Crippen molar-refractivity contribution in [2.75, 3.05) is 13.7 Å². The van der Waals surface area contributed by atoms with Crippen molar-refractivity contribution >= 4 is 23.5 Å². The molecule has 5 nitrogen and oxygen atoms in total. The van der Waals surface area contributed by atoms with Gasteiger partial charge >= 0.3 is 5.97 Å². The van der Waals surface area contributed by atoms with E-state index in [0.29, 0.717) is 16.7 Å². The van der Waals surface area contributed by atoms with Crippen molar-refractivity contribution in [3.8, 4) is 5.75 Å². The van der Waals surface area contributed by atoms with Crippen LogP contribution in [-0.2, 0) is 9.53 Å². The third-order valence-electron chi connectivity index (χ3n) is 3.43. The highest BCUT2D eigenvalue weighted by atomic mass is 35.5. The summed E-state index contributed by atoms with van der Waals surface area (Å²) in [5.41, 5.74) is 0.202. The summed E-state index contributed by atoms with van der Waals surface area (Å²) >= 11 is 5.85. The summed E-state index contributed by atoms with van der Waals surface area (Å²) in [7, 11) is 1.45. The number of nitrogens with one attached hydrogen (secondary N) is 1. The van der Waals surface area contributed by atoms with E-state index in [1.807, 2.05) is 6.92 Å². The lowest BCUT2D eigenvalue weighted by molar-refractivity contribution is -0.125. The lowest BCUT2D eigenvalue weighted by Crippen LogP contribution is -2.37. The quantitative estimate of drug-likeness (QED) is 0.819. The number of methoxy groups -OCH3 is 1. The molecule has 1 aliphatic carbocycles. The van der Waals surface area contributed by atoms with Crippen LogP contribution in [0.5, 0.6) is 5.75 Å². The molecule has 1 aromatic rings. The fraction of sp³-hybridized carbons (Fsp3) is 0.467. The number of esters is 1. The van der Waals surface area contributed by atoms with Crippen molar-refractivity contribution in [1.82, 2.24) is 5.32 Å². The molecule has 1 aliphatic rings. The smallest absolute Gasteiger partial charge is 0.342 e. The fourth-order valence-corrected chi connectivity index (χ4v) is 2.23. The Hall–Kier alpha value is -1.75. The van der Waals surface area contributed by atoms with Gasteiger partial charge in [-0.15, -0.1) is 0 Å². The summed E-state index contributed by atoms with van der Waals surface area (Å²) in [5.74, 6) is -0.0267. The van der Waals surface area contributed by atoms with E-state index in [1.54, 1.807) is 12.1 Å². The second-order valence-corrected chi connectivity index (χ2v) is 5.55. The SMILES string of the molecule is COc1ccc(Cl)cc1C(=O)OCC(=O)N[C@H](C)C1CC1. The first kappa shape index (κ1) is 15.6. The van der Waals surface area contributed by atoms with Crippen LogP contribution in [0.15, 0.2) is 18.2 Å². The van der Waals surface area contributed by atoms with Crippen molar-refractivity contribution in [3.05, 3.63) is 28.8 Å². The highest BCUT2D eigenvalue weighted by Gasteiger charge is 2.29. The van der Waals surface area contributed by atoms with Crippen molar-refractivity contribution in [2.45, 2.75) is 25.8 Å².